The maximum atomic E-state index is 12.2. The smallest absolute Gasteiger partial charge is 0.269 e. The van der Waals surface area contributed by atoms with E-state index in [-0.39, 0.29) is 22.1 Å². The average Bonchev–Trinajstić information content (AvgIpc) is 2.60. The van der Waals surface area contributed by atoms with E-state index in [0.717, 1.165) is 17.7 Å². The van der Waals surface area contributed by atoms with Crippen LogP contribution in [-0.2, 0) is 10.0 Å². The van der Waals surface area contributed by atoms with Crippen LogP contribution in [0.25, 0.3) is 0 Å². The second kappa shape index (κ2) is 7.41. The van der Waals surface area contributed by atoms with Crippen molar-refractivity contribution in [1.82, 2.24) is 10.3 Å². The lowest BCUT2D eigenvalue weighted by atomic mass is 10.0. The Balaban J connectivity index is 2.05. The molecular weight excluding hydrogens is 346 g/mol. The Morgan fingerprint density at radius 3 is 2.08 bits per heavy atom. The summed E-state index contributed by atoms with van der Waals surface area (Å²) in [5.74, 6) is -0.455. The van der Waals surface area contributed by atoms with Crippen molar-refractivity contribution in [3.8, 4) is 0 Å². The van der Waals surface area contributed by atoms with Gasteiger partial charge in [-0.3, -0.25) is 20.3 Å². The molecular formula is C16H17N3O5S. The summed E-state index contributed by atoms with van der Waals surface area (Å²) in [7, 11) is -3.92. The third-order valence-corrected chi connectivity index (χ3v) is 4.76. The molecule has 8 nitrogen and oxygen atoms in total. The summed E-state index contributed by atoms with van der Waals surface area (Å²) >= 11 is 0. The van der Waals surface area contributed by atoms with Gasteiger partial charge in [0, 0.05) is 17.7 Å². The van der Waals surface area contributed by atoms with E-state index in [4.69, 9.17) is 0 Å². The molecule has 2 rings (SSSR count). The Bertz CT molecular complexity index is 875. The Hall–Kier alpha value is -2.78. The van der Waals surface area contributed by atoms with Crippen LogP contribution >= 0.6 is 0 Å². The van der Waals surface area contributed by atoms with Crippen LogP contribution in [0.5, 0.6) is 0 Å². The van der Waals surface area contributed by atoms with Crippen LogP contribution in [0.3, 0.4) is 0 Å². The molecule has 0 fully saturated rings. The van der Waals surface area contributed by atoms with Gasteiger partial charge in [-0.1, -0.05) is 26.0 Å². The molecule has 0 aromatic heterocycles. The molecule has 0 spiro atoms. The van der Waals surface area contributed by atoms with Gasteiger partial charge in [-0.05, 0) is 35.7 Å². The normalized spacial score (nSPS) is 11.3. The molecule has 1 amide bonds. The topological polar surface area (TPSA) is 118 Å². The number of carbonyl (C=O) groups excluding carboxylic acids is 1. The van der Waals surface area contributed by atoms with E-state index in [0.29, 0.717) is 0 Å². The average molecular weight is 363 g/mol. The van der Waals surface area contributed by atoms with Gasteiger partial charge < -0.3 is 0 Å². The van der Waals surface area contributed by atoms with Crippen molar-refractivity contribution < 1.29 is 18.1 Å². The van der Waals surface area contributed by atoms with E-state index < -0.39 is 20.9 Å². The second-order valence-electron chi connectivity index (χ2n) is 5.59. The fraction of sp³-hybridized carbons (Fsp3) is 0.188. The van der Waals surface area contributed by atoms with Gasteiger partial charge in [0.25, 0.3) is 21.6 Å². The third-order valence-electron chi connectivity index (χ3n) is 3.50. The van der Waals surface area contributed by atoms with Crippen molar-refractivity contribution in [2.45, 2.75) is 24.7 Å². The minimum atomic E-state index is -3.92. The largest absolute Gasteiger partial charge is 0.273 e. The molecule has 0 saturated carbocycles. The fourth-order valence-corrected chi connectivity index (χ4v) is 2.85. The summed E-state index contributed by atoms with van der Waals surface area (Å²) in [6.45, 7) is 3.98. The number of nitro benzene ring substituents is 1. The van der Waals surface area contributed by atoms with E-state index in [9.17, 15) is 23.3 Å². The van der Waals surface area contributed by atoms with Crippen LogP contribution in [0.15, 0.2) is 53.4 Å². The van der Waals surface area contributed by atoms with E-state index >= 15 is 0 Å². The first kappa shape index (κ1) is 18.6. The highest BCUT2D eigenvalue weighted by Gasteiger charge is 2.16. The van der Waals surface area contributed by atoms with Gasteiger partial charge in [0.1, 0.15) is 0 Å². The van der Waals surface area contributed by atoms with Gasteiger partial charge in [-0.15, -0.1) is 4.83 Å². The number of rotatable bonds is 6. The van der Waals surface area contributed by atoms with Crippen molar-refractivity contribution in [3.05, 3.63) is 69.8 Å². The molecule has 0 atom stereocenters. The quantitative estimate of drug-likeness (QED) is 0.603. The number of nitro groups is 1. The summed E-state index contributed by atoms with van der Waals surface area (Å²) < 4.78 is 24.4. The highest BCUT2D eigenvalue weighted by molar-refractivity contribution is 7.89. The number of amides is 1. The molecule has 0 heterocycles. The van der Waals surface area contributed by atoms with E-state index in [2.05, 4.69) is 5.43 Å². The number of carbonyl (C=O) groups is 1. The molecule has 132 valence electrons. The summed E-state index contributed by atoms with van der Waals surface area (Å²) in [6.07, 6.45) is 0. The Labute approximate surface area is 145 Å². The lowest BCUT2D eigenvalue weighted by molar-refractivity contribution is -0.384. The molecule has 0 bridgehead atoms. The van der Waals surface area contributed by atoms with Gasteiger partial charge in [0.15, 0.2) is 0 Å². The zero-order chi connectivity index (χ0) is 18.6. The van der Waals surface area contributed by atoms with Gasteiger partial charge in [0.05, 0.1) is 9.82 Å². The SMILES string of the molecule is CC(C)c1ccc(S(=O)(=O)NNC(=O)c2ccc([N+](=O)[O-])cc2)cc1. The van der Waals surface area contributed by atoms with Crippen molar-refractivity contribution in [3.63, 3.8) is 0 Å². The maximum absolute atomic E-state index is 12.2. The highest BCUT2D eigenvalue weighted by atomic mass is 32.2. The molecule has 0 saturated heterocycles. The Kier molecular flexibility index (Phi) is 5.50. The summed E-state index contributed by atoms with van der Waals surface area (Å²) in [5.41, 5.74) is 2.99. The Morgan fingerprint density at radius 1 is 1.04 bits per heavy atom. The first-order chi connectivity index (χ1) is 11.7. The lowest BCUT2D eigenvalue weighted by Gasteiger charge is -2.10. The number of sulfonamides is 1. The summed E-state index contributed by atoms with van der Waals surface area (Å²) in [6, 6.07) is 11.1. The van der Waals surface area contributed by atoms with Crippen LogP contribution in [0.1, 0.15) is 35.7 Å². The molecule has 25 heavy (non-hydrogen) atoms. The predicted octanol–water partition coefficient (Wildman–Crippen LogP) is 2.34. The first-order valence-corrected chi connectivity index (χ1v) is 8.85. The number of hydrogen-bond donors (Lipinski definition) is 2. The standard InChI is InChI=1S/C16H17N3O5S/c1-11(2)12-5-9-15(10-6-12)25(23,24)18-17-16(20)13-3-7-14(8-4-13)19(21)22/h3-11,18H,1-2H3,(H,17,20). The van der Waals surface area contributed by atoms with E-state index in [1.807, 2.05) is 18.7 Å². The maximum Gasteiger partial charge on any atom is 0.269 e. The van der Waals surface area contributed by atoms with E-state index in [1.165, 1.54) is 24.3 Å². The zero-order valence-corrected chi connectivity index (χ0v) is 14.4. The molecule has 0 unspecified atom stereocenters. The number of benzene rings is 2. The number of nitrogens with zero attached hydrogens (tertiary/aromatic N) is 1. The van der Waals surface area contributed by atoms with Crippen LogP contribution in [-0.4, -0.2) is 19.2 Å². The number of nitrogens with one attached hydrogen (secondary N) is 2. The summed E-state index contributed by atoms with van der Waals surface area (Å²) in [5, 5.41) is 10.6. The lowest BCUT2D eigenvalue weighted by Crippen LogP contribution is -2.41. The monoisotopic (exact) mass is 363 g/mol. The van der Waals surface area contributed by atoms with Gasteiger partial charge in [-0.25, -0.2) is 8.42 Å². The Morgan fingerprint density at radius 2 is 1.60 bits per heavy atom. The molecule has 0 aliphatic heterocycles. The van der Waals surface area contributed by atoms with Crippen molar-refractivity contribution in [1.29, 1.82) is 0 Å². The predicted molar refractivity (Wildman–Crippen MR) is 91.4 cm³/mol. The minimum absolute atomic E-state index is 0.0147. The molecule has 2 N–H and O–H groups in total. The molecule has 0 radical (unpaired) electrons. The minimum Gasteiger partial charge on any atom is -0.273 e. The number of non-ortho nitro benzene ring substituents is 1. The number of hydrogen-bond acceptors (Lipinski definition) is 5. The van der Waals surface area contributed by atoms with Gasteiger partial charge >= 0.3 is 0 Å². The molecule has 9 heteroatoms. The first-order valence-electron chi connectivity index (χ1n) is 7.37. The third kappa shape index (κ3) is 4.61. The fourth-order valence-electron chi connectivity index (χ4n) is 2.01. The number of hydrazine groups is 1. The van der Waals surface area contributed by atoms with Crippen LogP contribution in [0.4, 0.5) is 5.69 Å². The molecule has 2 aromatic carbocycles. The molecule has 0 aliphatic carbocycles. The molecule has 2 aromatic rings. The van der Waals surface area contributed by atoms with Crippen molar-refractivity contribution in [2.24, 2.45) is 0 Å². The second-order valence-corrected chi connectivity index (χ2v) is 7.27. The molecule has 0 aliphatic rings. The van der Waals surface area contributed by atoms with E-state index in [1.54, 1.807) is 12.1 Å². The van der Waals surface area contributed by atoms with Crippen LogP contribution in [0.2, 0.25) is 0 Å². The highest BCUT2D eigenvalue weighted by Crippen LogP contribution is 2.17. The van der Waals surface area contributed by atoms with Gasteiger partial charge in [-0.2, -0.15) is 0 Å². The summed E-state index contributed by atoms with van der Waals surface area (Å²) in [4.78, 5) is 23.9. The van der Waals surface area contributed by atoms with Crippen molar-refractivity contribution in [2.75, 3.05) is 0 Å². The van der Waals surface area contributed by atoms with Gasteiger partial charge in [0.2, 0.25) is 0 Å². The zero-order valence-electron chi connectivity index (χ0n) is 13.6. The van der Waals surface area contributed by atoms with Crippen LogP contribution in [0, 0.1) is 10.1 Å². The van der Waals surface area contributed by atoms with Crippen LogP contribution < -0.4 is 10.3 Å². The van der Waals surface area contributed by atoms with Crippen molar-refractivity contribution >= 4 is 21.6 Å².